The summed E-state index contributed by atoms with van der Waals surface area (Å²) >= 11 is 0. The summed E-state index contributed by atoms with van der Waals surface area (Å²) < 4.78 is 43.5. The van der Waals surface area contributed by atoms with Crippen molar-refractivity contribution in [3.8, 4) is 0 Å². The van der Waals surface area contributed by atoms with Crippen LogP contribution in [0.5, 0.6) is 0 Å². The lowest BCUT2D eigenvalue weighted by Gasteiger charge is -2.16. The van der Waals surface area contributed by atoms with Crippen molar-refractivity contribution in [1.29, 1.82) is 0 Å². The van der Waals surface area contributed by atoms with Gasteiger partial charge in [-0.25, -0.2) is 13.6 Å². The molecule has 0 aliphatic carbocycles. The highest BCUT2D eigenvalue weighted by atomic mass is 32.2. The van der Waals surface area contributed by atoms with Gasteiger partial charge >= 0.3 is 5.97 Å². The third-order valence-corrected chi connectivity index (χ3v) is 4.97. The molecule has 0 unspecified atom stereocenters. The minimum atomic E-state index is -1.37. The Morgan fingerprint density at radius 2 is 1.85 bits per heavy atom. The lowest BCUT2D eigenvalue weighted by atomic mass is 10.1. The molecule has 0 saturated carbocycles. The van der Waals surface area contributed by atoms with Gasteiger partial charge in [0.25, 0.3) is 5.91 Å². The molecule has 0 aromatic heterocycles. The zero-order valence-electron chi connectivity index (χ0n) is 13.9. The topological polar surface area (TPSA) is 72.5 Å². The molecule has 26 heavy (non-hydrogen) atoms. The van der Waals surface area contributed by atoms with Crippen molar-refractivity contribution in [2.24, 2.45) is 0 Å². The summed E-state index contributed by atoms with van der Waals surface area (Å²) in [7, 11) is -0.225. The van der Waals surface area contributed by atoms with Gasteiger partial charge in [0.1, 0.15) is 17.7 Å². The van der Waals surface area contributed by atoms with Crippen LogP contribution in [0.25, 0.3) is 0 Å². The van der Waals surface area contributed by atoms with Crippen LogP contribution >= 0.6 is 0 Å². The van der Waals surface area contributed by atoms with Crippen LogP contribution in [0.4, 0.5) is 8.78 Å². The number of hydrogen-bond acceptors (Lipinski definition) is 4. The predicted molar refractivity (Wildman–Crippen MR) is 92.0 cm³/mol. The number of nitrogens with one attached hydrogen (secondary N) is 1. The molecular weight excluding hydrogens is 364 g/mol. The molecule has 0 saturated heterocycles. The molecule has 1 amide bonds. The van der Waals surface area contributed by atoms with Gasteiger partial charge in [-0.05, 0) is 30.7 Å². The fourth-order valence-electron chi connectivity index (χ4n) is 2.22. The SMILES string of the molecule is COC(=O)[C@H](CC[S@@](=O)c1ccccc1)NC(=O)c1ccc(F)cc1F. The normalized spacial score (nSPS) is 12.9. The van der Waals surface area contributed by atoms with E-state index in [4.69, 9.17) is 0 Å². The van der Waals surface area contributed by atoms with Crippen LogP contribution in [-0.2, 0) is 20.3 Å². The molecule has 0 aliphatic heterocycles. The third kappa shape index (κ3) is 5.19. The van der Waals surface area contributed by atoms with Crippen molar-refractivity contribution in [2.75, 3.05) is 12.9 Å². The fourth-order valence-corrected chi connectivity index (χ4v) is 3.36. The number of halogens is 2. The standard InChI is InChI=1S/C18H17F2NO4S/c1-25-18(23)16(9-10-26(24)13-5-3-2-4-6-13)21-17(22)14-8-7-12(19)11-15(14)20/h2-8,11,16H,9-10H2,1H3,(H,21,22)/t16-,26+/m0/s1. The quantitative estimate of drug-likeness (QED) is 0.748. The zero-order chi connectivity index (χ0) is 19.1. The second-order valence-corrected chi connectivity index (χ2v) is 6.90. The molecular formula is C18H17F2NO4S. The van der Waals surface area contributed by atoms with Gasteiger partial charge in [0.05, 0.1) is 23.5 Å². The van der Waals surface area contributed by atoms with Crippen LogP contribution in [0.2, 0.25) is 0 Å². The number of carbonyl (C=O) groups excluding carboxylic acids is 2. The van der Waals surface area contributed by atoms with E-state index in [1.165, 1.54) is 0 Å². The number of hydrogen-bond donors (Lipinski definition) is 1. The molecule has 0 heterocycles. The molecule has 0 bridgehead atoms. The van der Waals surface area contributed by atoms with Crippen molar-refractivity contribution in [1.82, 2.24) is 5.32 Å². The van der Waals surface area contributed by atoms with Gasteiger partial charge in [0.2, 0.25) is 0 Å². The van der Waals surface area contributed by atoms with E-state index in [9.17, 15) is 22.6 Å². The molecule has 0 aliphatic rings. The predicted octanol–water partition coefficient (Wildman–Crippen LogP) is 2.43. The average Bonchev–Trinajstić information content (AvgIpc) is 2.64. The minimum Gasteiger partial charge on any atom is -0.467 e. The second-order valence-electron chi connectivity index (χ2n) is 5.32. The van der Waals surface area contributed by atoms with Gasteiger partial charge in [0.15, 0.2) is 0 Å². The molecule has 138 valence electrons. The third-order valence-electron chi connectivity index (χ3n) is 3.56. The minimum absolute atomic E-state index is 0.0305. The summed E-state index contributed by atoms with van der Waals surface area (Å²) in [5, 5.41) is 2.34. The van der Waals surface area contributed by atoms with E-state index in [0.717, 1.165) is 19.2 Å². The number of ether oxygens (including phenoxy) is 1. The Labute approximate surface area is 151 Å². The molecule has 2 aromatic carbocycles. The maximum atomic E-state index is 13.7. The molecule has 8 heteroatoms. The fraction of sp³-hybridized carbons (Fsp3) is 0.222. The molecule has 0 fully saturated rings. The maximum Gasteiger partial charge on any atom is 0.328 e. The molecule has 5 nitrogen and oxygen atoms in total. The number of methoxy groups -OCH3 is 1. The Balaban J connectivity index is 2.06. The van der Waals surface area contributed by atoms with E-state index < -0.39 is 45.9 Å². The Morgan fingerprint density at radius 1 is 1.15 bits per heavy atom. The monoisotopic (exact) mass is 381 g/mol. The summed E-state index contributed by atoms with van der Waals surface area (Å²) in [5.74, 6) is -3.40. The smallest absolute Gasteiger partial charge is 0.328 e. The van der Waals surface area contributed by atoms with Crippen LogP contribution in [0.15, 0.2) is 53.4 Å². The van der Waals surface area contributed by atoms with Gasteiger partial charge < -0.3 is 10.1 Å². The van der Waals surface area contributed by atoms with Crippen molar-refractivity contribution < 1.29 is 27.3 Å². The Kier molecular flexibility index (Phi) is 6.97. The van der Waals surface area contributed by atoms with Crippen molar-refractivity contribution >= 4 is 22.7 Å². The first kappa shape index (κ1) is 19.7. The maximum absolute atomic E-state index is 13.7. The molecule has 1 N–H and O–H groups in total. The molecule has 2 rings (SSSR count). The van der Waals surface area contributed by atoms with Crippen LogP contribution in [-0.4, -0.2) is 35.0 Å². The lowest BCUT2D eigenvalue weighted by molar-refractivity contribution is -0.142. The average molecular weight is 381 g/mol. The number of benzene rings is 2. The van der Waals surface area contributed by atoms with Gasteiger partial charge in [-0.3, -0.25) is 9.00 Å². The number of rotatable bonds is 7. The van der Waals surface area contributed by atoms with E-state index in [0.29, 0.717) is 11.0 Å². The van der Waals surface area contributed by atoms with E-state index >= 15 is 0 Å². The highest BCUT2D eigenvalue weighted by molar-refractivity contribution is 7.85. The Morgan fingerprint density at radius 3 is 2.46 bits per heavy atom. The summed E-state index contributed by atoms with van der Waals surface area (Å²) in [6.45, 7) is 0. The first-order chi connectivity index (χ1) is 12.4. The van der Waals surface area contributed by atoms with Crippen LogP contribution in [0, 0.1) is 11.6 Å². The summed E-state index contributed by atoms with van der Waals surface area (Å²) in [5.41, 5.74) is -0.399. The molecule has 2 aromatic rings. The highest BCUT2D eigenvalue weighted by Crippen LogP contribution is 2.12. The molecule has 0 radical (unpaired) electrons. The van der Waals surface area contributed by atoms with E-state index in [2.05, 4.69) is 10.1 Å². The van der Waals surface area contributed by atoms with Crippen molar-refractivity contribution in [2.45, 2.75) is 17.4 Å². The van der Waals surface area contributed by atoms with Crippen LogP contribution in [0.1, 0.15) is 16.8 Å². The van der Waals surface area contributed by atoms with Crippen LogP contribution < -0.4 is 5.32 Å². The zero-order valence-corrected chi connectivity index (χ0v) is 14.7. The molecule has 0 spiro atoms. The van der Waals surface area contributed by atoms with Gasteiger partial charge in [-0.15, -0.1) is 0 Å². The van der Waals surface area contributed by atoms with E-state index in [1.54, 1.807) is 30.3 Å². The highest BCUT2D eigenvalue weighted by Gasteiger charge is 2.24. The first-order valence-electron chi connectivity index (χ1n) is 7.69. The number of amides is 1. The second kappa shape index (κ2) is 9.19. The van der Waals surface area contributed by atoms with Gasteiger partial charge in [-0.1, -0.05) is 18.2 Å². The lowest BCUT2D eigenvalue weighted by Crippen LogP contribution is -2.42. The summed E-state index contributed by atoms with van der Waals surface area (Å²) in [4.78, 5) is 24.6. The largest absolute Gasteiger partial charge is 0.467 e. The van der Waals surface area contributed by atoms with Gasteiger partial charge in [0, 0.05) is 16.7 Å². The van der Waals surface area contributed by atoms with Crippen LogP contribution in [0.3, 0.4) is 0 Å². The Bertz CT molecular complexity index is 814. The molecule has 2 atom stereocenters. The summed E-state index contributed by atoms with van der Waals surface area (Å²) in [6.07, 6.45) is 0.0305. The first-order valence-corrected chi connectivity index (χ1v) is 9.01. The van der Waals surface area contributed by atoms with Crippen molar-refractivity contribution in [3.63, 3.8) is 0 Å². The van der Waals surface area contributed by atoms with E-state index in [-0.39, 0.29) is 12.2 Å². The van der Waals surface area contributed by atoms with E-state index in [1.807, 2.05) is 0 Å². The summed E-state index contributed by atoms with van der Waals surface area (Å²) in [6, 6.07) is 10.0. The number of carbonyl (C=O) groups is 2. The van der Waals surface area contributed by atoms with Crippen molar-refractivity contribution in [3.05, 3.63) is 65.7 Å². The number of esters is 1. The van der Waals surface area contributed by atoms with Gasteiger partial charge in [-0.2, -0.15) is 0 Å². The Hall–Kier alpha value is -2.61.